The number of aryl methyl sites for hydroxylation is 1. The van der Waals surface area contributed by atoms with Gasteiger partial charge in [-0.05, 0) is 31.7 Å². The van der Waals surface area contributed by atoms with Gasteiger partial charge in [-0.2, -0.15) is 18.4 Å². The lowest BCUT2D eigenvalue weighted by molar-refractivity contribution is -0.137. The van der Waals surface area contributed by atoms with Crippen LogP contribution < -0.4 is 4.90 Å². The van der Waals surface area contributed by atoms with Crippen LogP contribution in [0.1, 0.15) is 43.5 Å². The number of hydrogen-bond acceptors (Lipinski definition) is 4. The number of aliphatic hydroxyl groups is 1. The molecule has 4 nitrogen and oxygen atoms in total. The summed E-state index contributed by atoms with van der Waals surface area (Å²) in [6.45, 7) is 5.86. The van der Waals surface area contributed by atoms with Gasteiger partial charge in [0.15, 0.2) is 0 Å². The van der Waals surface area contributed by atoms with Crippen molar-refractivity contribution in [1.82, 2.24) is 4.98 Å². The van der Waals surface area contributed by atoms with Crippen molar-refractivity contribution in [3.63, 3.8) is 0 Å². The molecule has 1 aromatic heterocycles. The van der Waals surface area contributed by atoms with Crippen molar-refractivity contribution in [2.45, 2.75) is 45.4 Å². The fourth-order valence-electron chi connectivity index (χ4n) is 2.94. The van der Waals surface area contributed by atoms with E-state index < -0.39 is 22.9 Å². The van der Waals surface area contributed by atoms with Crippen molar-refractivity contribution in [3.05, 3.63) is 22.9 Å². The summed E-state index contributed by atoms with van der Waals surface area (Å²) in [5.41, 5.74) is -2.24. The molecule has 1 fully saturated rings. The van der Waals surface area contributed by atoms with E-state index in [1.807, 2.05) is 13.8 Å². The molecule has 0 bridgehead atoms. The molecule has 1 aromatic rings. The molecule has 0 amide bonds. The highest BCUT2D eigenvalue weighted by molar-refractivity contribution is 5.59. The van der Waals surface area contributed by atoms with E-state index in [0.717, 1.165) is 6.07 Å². The molecular weight excluding hydrogens is 307 g/mol. The van der Waals surface area contributed by atoms with E-state index in [0.29, 0.717) is 19.4 Å². The molecule has 1 aliphatic rings. The number of rotatable bonds is 2. The normalized spacial score (nSPS) is 22.3. The molecule has 0 spiro atoms. The maximum atomic E-state index is 13.2. The highest BCUT2D eigenvalue weighted by Gasteiger charge is 2.40. The van der Waals surface area contributed by atoms with Crippen LogP contribution in [-0.4, -0.2) is 28.8 Å². The number of pyridine rings is 1. The molecule has 1 atom stereocenters. The summed E-state index contributed by atoms with van der Waals surface area (Å²) < 4.78 is 39.6. The van der Waals surface area contributed by atoms with Gasteiger partial charge >= 0.3 is 6.18 Å². The first-order valence-electron chi connectivity index (χ1n) is 7.55. The Morgan fingerprint density at radius 2 is 2.09 bits per heavy atom. The van der Waals surface area contributed by atoms with Crippen LogP contribution in [0.4, 0.5) is 19.0 Å². The second-order valence-corrected chi connectivity index (χ2v) is 6.40. The number of alkyl halides is 3. The van der Waals surface area contributed by atoms with E-state index in [1.165, 1.54) is 6.92 Å². The molecule has 0 radical (unpaired) electrons. The molecule has 2 heterocycles. The van der Waals surface area contributed by atoms with E-state index in [9.17, 15) is 23.5 Å². The topological polar surface area (TPSA) is 60.2 Å². The Labute approximate surface area is 133 Å². The molecule has 1 saturated heterocycles. The van der Waals surface area contributed by atoms with Crippen LogP contribution in [0.5, 0.6) is 0 Å². The van der Waals surface area contributed by atoms with Gasteiger partial charge in [0.1, 0.15) is 17.5 Å². The molecule has 1 N–H and O–H groups in total. The first kappa shape index (κ1) is 17.5. The Morgan fingerprint density at radius 3 is 2.61 bits per heavy atom. The zero-order valence-electron chi connectivity index (χ0n) is 13.4. The van der Waals surface area contributed by atoms with Crippen LogP contribution in [0.2, 0.25) is 0 Å². The van der Waals surface area contributed by atoms with Crippen LogP contribution in [0.3, 0.4) is 0 Å². The minimum atomic E-state index is -4.61. The van der Waals surface area contributed by atoms with Crippen molar-refractivity contribution in [3.8, 4) is 6.07 Å². The average Bonchev–Trinajstić information content (AvgIpc) is 2.45. The largest absolute Gasteiger partial charge is 0.417 e. The van der Waals surface area contributed by atoms with Gasteiger partial charge in [0.2, 0.25) is 0 Å². The van der Waals surface area contributed by atoms with E-state index in [4.69, 9.17) is 0 Å². The van der Waals surface area contributed by atoms with E-state index in [1.54, 1.807) is 11.0 Å². The van der Waals surface area contributed by atoms with Gasteiger partial charge < -0.3 is 10.0 Å². The van der Waals surface area contributed by atoms with Crippen molar-refractivity contribution >= 4 is 5.82 Å². The number of piperidine rings is 1. The van der Waals surface area contributed by atoms with Crippen LogP contribution in [-0.2, 0) is 6.18 Å². The number of nitrogens with zero attached hydrogens (tertiary/aromatic N) is 3. The molecular formula is C16H20F3N3O. The molecule has 7 heteroatoms. The Balaban J connectivity index is 2.51. The quantitative estimate of drug-likeness (QED) is 0.906. The maximum absolute atomic E-state index is 13.2. The SMILES string of the molecule is Cc1cc(C(F)(F)F)c(C#N)c(N2CCCC(O)(C(C)C)C2)n1. The summed E-state index contributed by atoms with van der Waals surface area (Å²) in [4.78, 5) is 5.76. The summed E-state index contributed by atoms with van der Waals surface area (Å²) in [5.74, 6) is -0.0265. The smallest absolute Gasteiger partial charge is 0.388 e. The van der Waals surface area contributed by atoms with Gasteiger partial charge in [0.25, 0.3) is 0 Å². The number of nitriles is 1. The summed E-state index contributed by atoms with van der Waals surface area (Å²) in [6, 6.07) is 2.54. The second kappa shape index (κ2) is 6.00. The first-order valence-corrected chi connectivity index (χ1v) is 7.55. The number of aromatic nitrogens is 1. The molecule has 1 aliphatic heterocycles. The standard InChI is InChI=1S/C16H20F3N3O/c1-10(2)15(23)5-4-6-22(9-15)14-12(8-20)13(16(17,18)19)7-11(3)21-14/h7,10,23H,4-6,9H2,1-3H3. The lowest BCUT2D eigenvalue weighted by atomic mass is 9.83. The highest BCUT2D eigenvalue weighted by Crippen LogP contribution is 2.38. The minimum absolute atomic E-state index is 0.0126. The third kappa shape index (κ3) is 3.42. The van der Waals surface area contributed by atoms with Crippen molar-refractivity contribution < 1.29 is 18.3 Å². The molecule has 23 heavy (non-hydrogen) atoms. The Hall–Kier alpha value is -1.81. The van der Waals surface area contributed by atoms with Gasteiger partial charge in [-0.15, -0.1) is 0 Å². The Bertz CT molecular complexity index is 637. The lowest BCUT2D eigenvalue weighted by Gasteiger charge is -2.42. The van der Waals surface area contributed by atoms with Crippen LogP contribution in [0, 0.1) is 24.2 Å². The van der Waals surface area contributed by atoms with Crippen molar-refractivity contribution in [2.24, 2.45) is 5.92 Å². The van der Waals surface area contributed by atoms with E-state index in [2.05, 4.69) is 4.98 Å². The monoisotopic (exact) mass is 327 g/mol. The fraction of sp³-hybridized carbons (Fsp3) is 0.625. The van der Waals surface area contributed by atoms with Crippen molar-refractivity contribution in [1.29, 1.82) is 5.26 Å². The van der Waals surface area contributed by atoms with Gasteiger partial charge in [-0.1, -0.05) is 13.8 Å². The highest BCUT2D eigenvalue weighted by atomic mass is 19.4. The number of hydrogen-bond donors (Lipinski definition) is 1. The summed E-state index contributed by atoms with van der Waals surface area (Å²) in [6.07, 6.45) is -3.39. The third-order valence-electron chi connectivity index (χ3n) is 4.42. The second-order valence-electron chi connectivity index (χ2n) is 6.40. The molecule has 2 rings (SSSR count). The van der Waals surface area contributed by atoms with E-state index in [-0.39, 0.29) is 24.0 Å². The maximum Gasteiger partial charge on any atom is 0.417 e. The van der Waals surface area contributed by atoms with Crippen LogP contribution in [0.25, 0.3) is 0 Å². The van der Waals surface area contributed by atoms with Crippen molar-refractivity contribution in [2.75, 3.05) is 18.0 Å². The summed E-state index contributed by atoms with van der Waals surface area (Å²) >= 11 is 0. The van der Waals surface area contributed by atoms with Gasteiger partial charge in [-0.25, -0.2) is 4.98 Å². The zero-order valence-corrected chi connectivity index (χ0v) is 13.4. The average molecular weight is 327 g/mol. The minimum Gasteiger partial charge on any atom is -0.388 e. The summed E-state index contributed by atoms with van der Waals surface area (Å²) in [5, 5.41) is 19.9. The first-order chi connectivity index (χ1) is 10.6. The molecule has 126 valence electrons. The predicted molar refractivity (Wildman–Crippen MR) is 79.9 cm³/mol. The van der Waals surface area contributed by atoms with Gasteiger partial charge in [0.05, 0.1) is 11.2 Å². The number of anilines is 1. The molecule has 0 saturated carbocycles. The van der Waals surface area contributed by atoms with Crippen LogP contribution >= 0.6 is 0 Å². The zero-order chi connectivity index (χ0) is 17.4. The fourth-order valence-corrected chi connectivity index (χ4v) is 2.94. The summed E-state index contributed by atoms with van der Waals surface area (Å²) in [7, 11) is 0. The molecule has 1 unspecified atom stereocenters. The van der Waals surface area contributed by atoms with Crippen LogP contribution in [0.15, 0.2) is 6.07 Å². The third-order valence-corrected chi connectivity index (χ3v) is 4.42. The molecule has 0 aromatic carbocycles. The Kier molecular flexibility index (Phi) is 4.58. The number of β-amino-alcohol motifs (C(OH)–C–C–N with tert-alkyl or cyclic N) is 1. The van der Waals surface area contributed by atoms with Gasteiger partial charge in [-0.3, -0.25) is 0 Å². The molecule has 0 aliphatic carbocycles. The number of halogens is 3. The Morgan fingerprint density at radius 1 is 1.43 bits per heavy atom. The lowest BCUT2D eigenvalue weighted by Crippen LogP contribution is -2.52. The predicted octanol–water partition coefficient (Wildman–Crippen LogP) is 3.27. The van der Waals surface area contributed by atoms with Gasteiger partial charge in [0, 0.05) is 18.8 Å². The van der Waals surface area contributed by atoms with E-state index >= 15 is 0 Å².